The zero-order chi connectivity index (χ0) is 16.8. The summed E-state index contributed by atoms with van der Waals surface area (Å²) in [5.41, 5.74) is 0.332. The van der Waals surface area contributed by atoms with Crippen molar-refractivity contribution in [2.24, 2.45) is 0 Å². The van der Waals surface area contributed by atoms with Gasteiger partial charge in [-0.1, -0.05) is 24.1 Å². The van der Waals surface area contributed by atoms with Gasteiger partial charge in [0.1, 0.15) is 5.75 Å². The first-order valence-electron chi connectivity index (χ1n) is 6.49. The number of likely N-dealkylation sites (N-methyl/N-ethyl adjacent to an activating group) is 1. The van der Waals surface area contributed by atoms with Gasteiger partial charge in [-0.25, -0.2) is 0 Å². The average Bonchev–Trinajstić information content (AvgIpc) is 2.44. The number of nitrogens with zero attached hydrogens (tertiary/aromatic N) is 1. The van der Waals surface area contributed by atoms with Gasteiger partial charge >= 0.3 is 6.36 Å². The van der Waals surface area contributed by atoms with Crippen LogP contribution in [-0.4, -0.2) is 36.8 Å². The number of halogens is 3. The smallest absolute Gasteiger partial charge is 0.405 e. The average molecular weight is 314 g/mol. The normalized spacial score (nSPS) is 12.6. The van der Waals surface area contributed by atoms with Gasteiger partial charge in [-0.3, -0.25) is 9.69 Å². The molecule has 0 aliphatic heterocycles. The molecule has 1 N–H and O–H groups in total. The summed E-state index contributed by atoms with van der Waals surface area (Å²) in [4.78, 5) is 13.4. The maximum Gasteiger partial charge on any atom is 0.573 e. The molecule has 120 valence electrons. The second-order valence-electron chi connectivity index (χ2n) is 4.67. The van der Waals surface area contributed by atoms with E-state index in [1.807, 2.05) is 0 Å². The second kappa shape index (κ2) is 7.71. The third kappa shape index (κ3) is 5.66. The van der Waals surface area contributed by atoms with Crippen LogP contribution in [-0.2, 0) is 11.3 Å². The predicted octanol–water partition coefficient (Wildman–Crippen LogP) is 2.15. The molecule has 7 heteroatoms. The van der Waals surface area contributed by atoms with E-state index in [0.29, 0.717) is 5.56 Å². The lowest BCUT2D eigenvalue weighted by Crippen LogP contribution is -2.43. The molecule has 1 aromatic carbocycles. The number of benzene rings is 1. The Morgan fingerprint density at radius 3 is 2.68 bits per heavy atom. The fourth-order valence-electron chi connectivity index (χ4n) is 1.75. The molecule has 0 spiro atoms. The number of rotatable bonds is 6. The topological polar surface area (TPSA) is 41.6 Å². The van der Waals surface area contributed by atoms with Crippen molar-refractivity contribution in [3.8, 4) is 18.1 Å². The summed E-state index contributed by atoms with van der Waals surface area (Å²) in [6.07, 6.45) is 0.294. The highest BCUT2D eigenvalue weighted by Gasteiger charge is 2.32. The Balaban J connectivity index is 2.78. The first-order chi connectivity index (χ1) is 10.2. The van der Waals surface area contributed by atoms with E-state index in [9.17, 15) is 18.0 Å². The van der Waals surface area contributed by atoms with Gasteiger partial charge in [0, 0.05) is 12.1 Å². The number of nitrogens with one attached hydrogen (secondary N) is 1. The van der Waals surface area contributed by atoms with Crippen LogP contribution in [0.3, 0.4) is 0 Å². The zero-order valence-electron chi connectivity index (χ0n) is 12.3. The van der Waals surface area contributed by atoms with Crippen LogP contribution in [0.1, 0.15) is 12.5 Å². The van der Waals surface area contributed by atoms with Gasteiger partial charge in [0.25, 0.3) is 0 Å². The van der Waals surface area contributed by atoms with E-state index in [1.165, 1.54) is 18.2 Å². The Morgan fingerprint density at radius 2 is 2.09 bits per heavy atom. The largest absolute Gasteiger partial charge is 0.573 e. The van der Waals surface area contributed by atoms with Crippen LogP contribution in [0, 0.1) is 12.3 Å². The van der Waals surface area contributed by atoms with E-state index < -0.39 is 12.4 Å². The molecule has 0 aliphatic carbocycles. The van der Waals surface area contributed by atoms with Gasteiger partial charge in [-0.2, -0.15) is 0 Å². The number of amides is 1. The molecule has 0 aliphatic rings. The van der Waals surface area contributed by atoms with Crippen molar-refractivity contribution in [3.05, 3.63) is 29.8 Å². The fourth-order valence-corrected chi connectivity index (χ4v) is 1.75. The van der Waals surface area contributed by atoms with Crippen molar-refractivity contribution in [2.75, 3.05) is 13.6 Å². The summed E-state index contributed by atoms with van der Waals surface area (Å²) in [5.74, 6) is 1.71. The monoisotopic (exact) mass is 314 g/mol. The first kappa shape index (κ1) is 17.9. The van der Waals surface area contributed by atoms with Crippen LogP contribution in [0.4, 0.5) is 13.2 Å². The van der Waals surface area contributed by atoms with Crippen molar-refractivity contribution >= 4 is 5.91 Å². The summed E-state index contributed by atoms with van der Waals surface area (Å²) in [6, 6.07) is 5.26. The molecule has 0 aromatic heterocycles. The van der Waals surface area contributed by atoms with Gasteiger partial charge in [-0.05, 0) is 20.0 Å². The van der Waals surface area contributed by atoms with Gasteiger partial charge in [-0.15, -0.1) is 19.6 Å². The Labute approximate surface area is 127 Å². The summed E-state index contributed by atoms with van der Waals surface area (Å²) in [5, 5.41) is 2.52. The molecule has 0 radical (unpaired) electrons. The minimum absolute atomic E-state index is 0.102. The van der Waals surface area contributed by atoms with Crippen molar-refractivity contribution < 1.29 is 22.7 Å². The molecule has 1 amide bonds. The quantitative estimate of drug-likeness (QED) is 0.818. The highest BCUT2D eigenvalue weighted by atomic mass is 19.4. The van der Waals surface area contributed by atoms with Gasteiger partial charge in [0.05, 0.1) is 12.6 Å². The molecule has 0 bridgehead atoms. The minimum atomic E-state index is -4.76. The minimum Gasteiger partial charge on any atom is -0.405 e. The Bertz CT molecular complexity index is 552. The zero-order valence-corrected chi connectivity index (χ0v) is 12.3. The first-order valence-corrected chi connectivity index (χ1v) is 6.49. The maximum absolute atomic E-state index is 12.4. The fraction of sp³-hybridized carbons (Fsp3) is 0.400. The molecule has 4 nitrogen and oxygen atoms in total. The maximum atomic E-state index is 12.4. The highest BCUT2D eigenvalue weighted by Crippen LogP contribution is 2.27. The number of terminal acetylenes is 1. The van der Waals surface area contributed by atoms with E-state index in [2.05, 4.69) is 16.0 Å². The van der Waals surface area contributed by atoms with Crippen LogP contribution < -0.4 is 10.1 Å². The number of hydrogen-bond acceptors (Lipinski definition) is 3. The van der Waals surface area contributed by atoms with E-state index in [1.54, 1.807) is 24.9 Å². The molecular formula is C15H17F3N2O2. The Hall–Kier alpha value is -2.20. The van der Waals surface area contributed by atoms with E-state index >= 15 is 0 Å². The molecule has 22 heavy (non-hydrogen) atoms. The summed E-state index contributed by atoms with van der Waals surface area (Å²) >= 11 is 0. The van der Waals surface area contributed by atoms with E-state index in [4.69, 9.17) is 6.42 Å². The lowest BCUT2D eigenvalue weighted by Gasteiger charge is -2.24. The molecule has 0 heterocycles. The molecule has 0 saturated heterocycles. The number of hydrogen-bond donors (Lipinski definition) is 1. The van der Waals surface area contributed by atoms with Crippen LogP contribution in [0.5, 0.6) is 5.75 Å². The predicted molar refractivity (Wildman–Crippen MR) is 75.9 cm³/mol. The summed E-state index contributed by atoms with van der Waals surface area (Å²) in [7, 11) is 1.63. The Morgan fingerprint density at radius 1 is 1.45 bits per heavy atom. The van der Waals surface area contributed by atoms with Crippen molar-refractivity contribution in [1.82, 2.24) is 10.2 Å². The molecule has 1 aromatic rings. The third-order valence-electron chi connectivity index (χ3n) is 3.02. The van der Waals surface area contributed by atoms with Crippen molar-refractivity contribution in [1.29, 1.82) is 0 Å². The van der Waals surface area contributed by atoms with E-state index in [-0.39, 0.29) is 24.7 Å². The Kier molecular flexibility index (Phi) is 6.25. The number of carbonyl (C=O) groups excluding carboxylic acids is 1. The van der Waals surface area contributed by atoms with Crippen LogP contribution in [0.25, 0.3) is 0 Å². The van der Waals surface area contributed by atoms with Crippen molar-refractivity contribution in [3.63, 3.8) is 0 Å². The van der Waals surface area contributed by atoms with Gasteiger partial charge in [0.2, 0.25) is 5.91 Å². The van der Waals surface area contributed by atoms with Crippen LogP contribution >= 0.6 is 0 Å². The van der Waals surface area contributed by atoms with Crippen LogP contribution in [0.2, 0.25) is 0 Å². The molecule has 1 rings (SSSR count). The molecule has 1 unspecified atom stereocenters. The van der Waals surface area contributed by atoms with Gasteiger partial charge in [0.15, 0.2) is 0 Å². The summed E-state index contributed by atoms with van der Waals surface area (Å²) < 4.78 is 41.1. The van der Waals surface area contributed by atoms with Crippen LogP contribution in [0.15, 0.2) is 24.3 Å². The van der Waals surface area contributed by atoms with E-state index in [0.717, 1.165) is 0 Å². The molecule has 1 atom stereocenters. The third-order valence-corrected chi connectivity index (χ3v) is 3.02. The SMILES string of the molecule is C#CCNC(=O)C(C)N(C)Cc1ccccc1OC(F)(F)F. The lowest BCUT2D eigenvalue weighted by molar-refractivity contribution is -0.275. The number of carbonyl (C=O) groups is 1. The van der Waals surface area contributed by atoms with Crippen molar-refractivity contribution in [2.45, 2.75) is 25.9 Å². The second-order valence-corrected chi connectivity index (χ2v) is 4.67. The summed E-state index contributed by atoms with van der Waals surface area (Å²) in [6.45, 7) is 1.86. The van der Waals surface area contributed by atoms with Gasteiger partial charge < -0.3 is 10.1 Å². The number of alkyl halides is 3. The molecule has 0 saturated carbocycles. The standard InChI is InChI=1S/C15H17F3N2O2/c1-4-9-19-14(21)11(2)20(3)10-12-7-5-6-8-13(12)22-15(16,17)18/h1,5-8,11H,9-10H2,2-3H3,(H,19,21). The molecular weight excluding hydrogens is 297 g/mol. The molecule has 0 fully saturated rings. The number of para-hydroxylation sites is 1. The lowest BCUT2D eigenvalue weighted by atomic mass is 10.1. The number of ether oxygens (including phenoxy) is 1. The highest BCUT2D eigenvalue weighted by molar-refractivity contribution is 5.81.